The Morgan fingerprint density at radius 3 is 2.90 bits per heavy atom. The summed E-state index contributed by atoms with van der Waals surface area (Å²) >= 11 is 0. The summed E-state index contributed by atoms with van der Waals surface area (Å²) in [5.74, 6) is 1.38. The van der Waals surface area contributed by atoms with Gasteiger partial charge in [0.05, 0.1) is 11.8 Å². The van der Waals surface area contributed by atoms with Crippen LogP contribution in [0.15, 0.2) is 16.7 Å². The molecule has 1 aromatic heterocycles. The van der Waals surface area contributed by atoms with E-state index in [9.17, 15) is 4.79 Å². The zero-order chi connectivity index (χ0) is 14.5. The van der Waals surface area contributed by atoms with Gasteiger partial charge in [-0.1, -0.05) is 20.3 Å². The van der Waals surface area contributed by atoms with Crippen LogP contribution >= 0.6 is 0 Å². The summed E-state index contributed by atoms with van der Waals surface area (Å²) in [6.45, 7) is 9.00. The predicted molar refractivity (Wildman–Crippen MR) is 79.8 cm³/mol. The first-order valence-corrected chi connectivity index (χ1v) is 7.74. The first kappa shape index (κ1) is 15.1. The van der Waals surface area contributed by atoms with Crippen LogP contribution in [0.2, 0.25) is 0 Å². The van der Waals surface area contributed by atoms with E-state index < -0.39 is 0 Å². The fraction of sp³-hybridized carbons (Fsp3) is 0.688. The van der Waals surface area contributed by atoms with E-state index in [1.54, 1.807) is 12.3 Å². The first-order valence-electron chi connectivity index (χ1n) is 7.74. The third kappa shape index (κ3) is 3.23. The number of hydrogen-bond donors (Lipinski definition) is 1. The monoisotopic (exact) mass is 278 g/mol. The smallest absolute Gasteiger partial charge is 0.257 e. The van der Waals surface area contributed by atoms with Crippen molar-refractivity contribution in [2.24, 2.45) is 5.92 Å². The van der Waals surface area contributed by atoms with E-state index in [1.165, 1.54) is 0 Å². The quantitative estimate of drug-likeness (QED) is 0.901. The summed E-state index contributed by atoms with van der Waals surface area (Å²) in [7, 11) is 0. The van der Waals surface area contributed by atoms with Crippen molar-refractivity contribution < 1.29 is 9.21 Å². The van der Waals surface area contributed by atoms with Gasteiger partial charge in [-0.15, -0.1) is 0 Å². The van der Waals surface area contributed by atoms with Gasteiger partial charge in [0.25, 0.3) is 5.91 Å². The second-order valence-corrected chi connectivity index (χ2v) is 5.66. The molecule has 0 bridgehead atoms. The summed E-state index contributed by atoms with van der Waals surface area (Å²) in [5, 5.41) is 3.62. The van der Waals surface area contributed by atoms with Crippen molar-refractivity contribution >= 4 is 5.91 Å². The minimum absolute atomic E-state index is 0.114. The molecule has 2 rings (SSSR count). The van der Waals surface area contributed by atoms with Crippen molar-refractivity contribution in [3.05, 3.63) is 23.7 Å². The van der Waals surface area contributed by atoms with Crippen LogP contribution in [0.1, 0.15) is 49.2 Å². The van der Waals surface area contributed by atoms with E-state index >= 15 is 0 Å². The zero-order valence-electron chi connectivity index (χ0n) is 12.8. The fourth-order valence-corrected chi connectivity index (χ4v) is 3.01. The topological polar surface area (TPSA) is 45.5 Å². The van der Waals surface area contributed by atoms with Gasteiger partial charge in [0.15, 0.2) is 0 Å². The number of likely N-dealkylation sites (tertiary alicyclic amines) is 1. The summed E-state index contributed by atoms with van der Waals surface area (Å²) in [5.41, 5.74) is 0.708. The van der Waals surface area contributed by atoms with E-state index in [1.807, 2.05) is 11.8 Å². The van der Waals surface area contributed by atoms with E-state index in [4.69, 9.17) is 4.42 Å². The Hall–Kier alpha value is -1.29. The molecule has 1 aromatic rings. The maximum Gasteiger partial charge on any atom is 0.257 e. The lowest BCUT2D eigenvalue weighted by Gasteiger charge is -2.38. The Morgan fingerprint density at radius 1 is 1.50 bits per heavy atom. The molecule has 2 atom stereocenters. The van der Waals surface area contributed by atoms with Gasteiger partial charge in [-0.2, -0.15) is 0 Å². The van der Waals surface area contributed by atoms with Crippen LogP contribution in [-0.4, -0.2) is 36.5 Å². The third-order valence-corrected chi connectivity index (χ3v) is 4.29. The van der Waals surface area contributed by atoms with E-state index in [0.717, 1.165) is 38.9 Å². The second kappa shape index (κ2) is 6.93. The number of carbonyl (C=O) groups excluding carboxylic acids is 1. The van der Waals surface area contributed by atoms with Gasteiger partial charge in [0.2, 0.25) is 0 Å². The molecule has 1 fully saturated rings. The van der Waals surface area contributed by atoms with Gasteiger partial charge >= 0.3 is 0 Å². The van der Waals surface area contributed by atoms with Gasteiger partial charge in [0.1, 0.15) is 5.76 Å². The van der Waals surface area contributed by atoms with Gasteiger partial charge in [0, 0.05) is 19.1 Å². The Kier molecular flexibility index (Phi) is 5.24. The summed E-state index contributed by atoms with van der Waals surface area (Å²) in [6.07, 6.45) is 4.90. The van der Waals surface area contributed by atoms with Gasteiger partial charge < -0.3 is 14.6 Å². The molecule has 0 spiro atoms. The number of aryl methyl sites for hydroxylation is 1. The van der Waals surface area contributed by atoms with Crippen LogP contribution in [0.25, 0.3) is 0 Å². The molecule has 2 heterocycles. The minimum atomic E-state index is 0.114. The Labute approximate surface area is 121 Å². The minimum Gasteiger partial charge on any atom is -0.469 e. The highest BCUT2D eigenvalue weighted by Crippen LogP contribution is 2.23. The van der Waals surface area contributed by atoms with Crippen LogP contribution in [0, 0.1) is 12.8 Å². The molecule has 112 valence electrons. The highest BCUT2D eigenvalue weighted by molar-refractivity contribution is 5.95. The number of piperidine rings is 1. The second-order valence-electron chi connectivity index (χ2n) is 5.66. The third-order valence-electron chi connectivity index (χ3n) is 4.29. The molecule has 0 aliphatic carbocycles. The molecule has 1 amide bonds. The van der Waals surface area contributed by atoms with E-state index in [2.05, 4.69) is 19.2 Å². The van der Waals surface area contributed by atoms with Crippen molar-refractivity contribution in [2.75, 3.05) is 19.6 Å². The van der Waals surface area contributed by atoms with Crippen molar-refractivity contribution in [1.82, 2.24) is 10.2 Å². The summed E-state index contributed by atoms with van der Waals surface area (Å²) in [6, 6.07) is 2.33. The van der Waals surface area contributed by atoms with Crippen LogP contribution in [0.3, 0.4) is 0 Å². The SMILES string of the molecule is CCCNC1CCN(C(=O)c2ccoc2C)CC1CC. The van der Waals surface area contributed by atoms with Crippen LogP contribution in [0.4, 0.5) is 0 Å². The summed E-state index contributed by atoms with van der Waals surface area (Å²) < 4.78 is 5.24. The maximum atomic E-state index is 12.5. The molecule has 2 unspecified atom stereocenters. The molecule has 1 N–H and O–H groups in total. The highest BCUT2D eigenvalue weighted by Gasteiger charge is 2.31. The molecule has 0 radical (unpaired) electrons. The van der Waals surface area contributed by atoms with Crippen LogP contribution in [-0.2, 0) is 0 Å². The lowest BCUT2D eigenvalue weighted by atomic mass is 9.89. The lowest BCUT2D eigenvalue weighted by Crippen LogP contribution is -2.51. The molecule has 20 heavy (non-hydrogen) atoms. The predicted octanol–water partition coefficient (Wildman–Crippen LogP) is 2.83. The number of hydrogen-bond acceptors (Lipinski definition) is 3. The van der Waals surface area contributed by atoms with E-state index in [-0.39, 0.29) is 5.91 Å². The average Bonchev–Trinajstić information content (AvgIpc) is 2.90. The largest absolute Gasteiger partial charge is 0.469 e. The standard InChI is InChI=1S/C16H26N2O2/c1-4-8-17-15-6-9-18(11-13(15)5-2)16(19)14-7-10-20-12(14)3/h7,10,13,15,17H,4-6,8-9,11H2,1-3H3. The number of rotatable bonds is 5. The van der Waals surface area contributed by atoms with E-state index in [0.29, 0.717) is 23.3 Å². The Balaban J connectivity index is 1.99. The molecular weight excluding hydrogens is 252 g/mol. The zero-order valence-corrected chi connectivity index (χ0v) is 12.8. The Morgan fingerprint density at radius 2 is 2.30 bits per heavy atom. The van der Waals surface area contributed by atoms with Crippen LogP contribution < -0.4 is 5.32 Å². The average molecular weight is 278 g/mol. The highest BCUT2D eigenvalue weighted by atomic mass is 16.3. The molecule has 1 saturated heterocycles. The molecule has 1 aliphatic heterocycles. The van der Waals surface area contributed by atoms with Gasteiger partial charge in [-0.25, -0.2) is 0 Å². The summed E-state index contributed by atoms with van der Waals surface area (Å²) in [4.78, 5) is 14.5. The number of amides is 1. The maximum absolute atomic E-state index is 12.5. The molecular formula is C16H26N2O2. The number of furan rings is 1. The van der Waals surface area contributed by atoms with Gasteiger partial charge in [-0.3, -0.25) is 4.79 Å². The number of nitrogens with one attached hydrogen (secondary N) is 1. The van der Waals surface area contributed by atoms with Crippen molar-refractivity contribution in [3.63, 3.8) is 0 Å². The molecule has 1 aliphatic rings. The molecule has 4 heteroatoms. The lowest BCUT2D eigenvalue weighted by molar-refractivity contribution is 0.0625. The molecule has 0 aromatic carbocycles. The number of carbonyl (C=O) groups is 1. The van der Waals surface area contributed by atoms with Crippen molar-refractivity contribution in [2.45, 2.75) is 46.1 Å². The van der Waals surface area contributed by atoms with Gasteiger partial charge in [-0.05, 0) is 38.3 Å². The first-order chi connectivity index (χ1) is 9.67. The molecule has 4 nitrogen and oxygen atoms in total. The molecule has 0 saturated carbocycles. The van der Waals surface area contributed by atoms with Crippen molar-refractivity contribution in [1.29, 1.82) is 0 Å². The number of nitrogens with zero attached hydrogens (tertiary/aromatic N) is 1. The normalized spacial score (nSPS) is 23.1. The fourth-order valence-electron chi connectivity index (χ4n) is 3.01. The van der Waals surface area contributed by atoms with Crippen molar-refractivity contribution in [3.8, 4) is 0 Å². The van der Waals surface area contributed by atoms with Crippen LogP contribution in [0.5, 0.6) is 0 Å². The Bertz CT molecular complexity index is 441.